The van der Waals surface area contributed by atoms with Gasteiger partial charge >= 0.3 is 0 Å². The summed E-state index contributed by atoms with van der Waals surface area (Å²) in [4.78, 5) is 29.9. The highest BCUT2D eigenvalue weighted by Gasteiger charge is 2.22. The molecule has 1 atom stereocenters. The SMILES string of the molecule is C[C@@H](Nc1ncnc2c1CCC(=O)N2)c1ncc(C2=NC=CC2)s1. The summed E-state index contributed by atoms with van der Waals surface area (Å²) < 4.78 is 0. The van der Waals surface area contributed by atoms with Gasteiger partial charge in [0.05, 0.1) is 16.6 Å². The molecule has 0 fully saturated rings. The maximum atomic E-state index is 11.5. The van der Waals surface area contributed by atoms with Crippen molar-refractivity contribution in [3.8, 4) is 0 Å². The van der Waals surface area contributed by atoms with Crippen LogP contribution < -0.4 is 10.6 Å². The second-order valence-electron chi connectivity index (χ2n) is 5.69. The van der Waals surface area contributed by atoms with Gasteiger partial charge in [0.2, 0.25) is 5.91 Å². The fraction of sp³-hybridized carbons (Fsp3) is 0.312. The van der Waals surface area contributed by atoms with E-state index in [4.69, 9.17) is 0 Å². The average molecular weight is 340 g/mol. The van der Waals surface area contributed by atoms with Crippen LogP contribution in [0.25, 0.3) is 0 Å². The summed E-state index contributed by atoms with van der Waals surface area (Å²) >= 11 is 1.64. The number of carbonyl (C=O) groups excluding carboxylic acids is 1. The van der Waals surface area contributed by atoms with E-state index in [1.54, 1.807) is 11.3 Å². The lowest BCUT2D eigenvalue weighted by molar-refractivity contribution is -0.116. The molecule has 0 radical (unpaired) electrons. The molecule has 7 nitrogen and oxygen atoms in total. The fourth-order valence-corrected chi connectivity index (χ4v) is 3.65. The second-order valence-corrected chi connectivity index (χ2v) is 6.75. The van der Waals surface area contributed by atoms with E-state index in [1.165, 1.54) is 6.33 Å². The topological polar surface area (TPSA) is 92.2 Å². The van der Waals surface area contributed by atoms with Crippen molar-refractivity contribution in [2.24, 2.45) is 4.99 Å². The Morgan fingerprint density at radius 3 is 3.04 bits per heavy atom. The van der Waals surface area contributed by atoms with Crippen molar-refractivity contribution < 1.29 is 4.79 Å². The smallest absolute Gasteiger partial charge is 0.225 e. The van der Waals surface area contributed by atoms with Crippen LogP contribution in [0.15, 0.2) is 29.8 Å². The molecule has 0 spiro atoms. The Balaban J connectivity index is 1.53. The third-order valence-corrected chi connectivity index (χ3v) is 5.21. The van der Waals surface area contributed by atoms with Crippen LogP contribution in [0.5, 0.6) is 0 Å². The van der Waals surface area contributed by atoms with Crippen molar-refractivity contribution in [2.75, 3.05) is 10.6 Å². The summed E-state index contributed by atoms with van der Waals surface area (Å²) in [5.41, 5.74) is 2.01. The number of hydrogen-bond donors (Lipinski definition) is 2. The van der Waals surface area contributed by atoms with Crippen LogP contribution >= 0.6 is 11.3 Å². The summed E-state index contributed by atoms with van der Waals surface area (Å²) in [6.07, 6.45) is 9.17. The zero-order valence-electron chi connectivity index (χ0n) is 13.1. The van der Waals surface area contributed by atoms with Crippen LogP contribution in [0.3, 0.4) is 0 Å². The van der Waals surface area contributed by atoms with Gasteiger partial charge in [0.15, 0.2) is 0 Å². The van der Waals surface area contributed by atoms with E-state index < -0.39 is 0 Å². The van der Waals surface area contributed by atoms with Gasteiger partial charge in [-0.3, -0.25) is 9.79 Å². The Morgan fingerprint density at radius 2 is 2.21 bits per heavy atom. The number of aromatic nitrogens is 3. The van der Waals surface area contributed by atoms with Crippen molar-refractivity contribution in [2.45, 2.75) is 32.2 Å². The van der Waals surface area contributed by atoms with Crippen molar-refractivity contribution in [1.82, 2.24) is 15.0 Å². The van der Waals surface area contributed by atoms with E-state index in [0.717, 1.165) is 33.4 Å². The molecule has 0 aromatic carbocycles. The monoisotopic (exact) mass is 340 g/mol. The Kier molecular flexibility index (Phi) is 3.81. The molecule has 8 heteroatoms. The molecule has 2 N–H and O–H groups in total. The summed E-state index contributed by atoms with van der Waals surface area (Å²) in [6, 6.07) is 0.00957. The third kappa shape index (κ3) is 2.80. The van der Waals surface area contributed by atoms with Crippen molar-refractivity contribution in [3.05, 3.63) is 40.2 Å². The standard InChI is InChI=1S/C16H16N6OS/c1-9(16-18-7-12(24-16)11-3-2-6-17-11)21-14-10-4-5-13(23)22-15(10)20-8-19-14/h2,6-9H,3-5H2,1H3,(H2,19,20,21,22,23)/t9-/m1/s1. The zero-order chi connectivity index (χ0) is 16.5. The first-order chi connectivity index (χ1) is 11.7. The van der Waals surface area contributed by atoms with E-state index >= 15 is 0 Å². The van der Waals surface area contributed by atoms with E-state index in [-0.39, 0.29) is 11.9 Å². The van der Waals surface area contributed by atoms with E-state index in [2.05, 4.69) is 30.6 Å². The molecule has 4 rings (SSSR count). The third-order valence-electron chi connectivity index (χ3n) is 3.98. The number of aliphatic imine (C=N–C) groups is 1. The molecular weight excluding hydrogens is 324 g/mol. The minimum atomic E-state index is -0.00397. The largest absolute Gasteiger partial charge is 0.361 e. The fourth-order valence-electron chi connectivity index (χ4n) is 2.73. The molecule has 0 saturated heterocycles. The van der Waals surface area contributed by atoms with Gasteiger partial charge in [-0.15, -0.1) is 11.3 Å². The Hall–Kier alpha value is -2.61. The molecule has 2 aliphatic rings. The Bertz CT molecular complexity index is 856. The Labute approximate surface area is 143 Å². The molecule has 2 aromatic rings. The highest BCUT2D eigenvalue weighted by Crippen LogP contribution is 2.30. The number of fused-ring (bicyclic) bond motifs is 1. The van der Waals surface area contributed by atoms with Gasteiger partial charge < -0.3 is 10.6 Å². The second kappa shape index (κ2) is 6.12. The summed E-state index contributed by atoms with van der Waals surface area (Å²) in [6.45, 7) is 2.05. The van der Waals surface area contributed by atoms with Crippen LogP contribution in [0, 0.1) is 0 Å². The van der Waals surface area contributed by atoms with E-state index in [9.17, 15) is 4.79 Å². The lowest BCUT2D eigenvalue weighted by atomic mass is 10.1. The number of thiazole rings is 1. The van der Waals surface area contributed by atoms with E-state index in [1.807, 2.05) is 25.4 Å². The summed E-state index contributed by atoms with van der Waals surface area (Å²) in [5, 5.41) is 7.16. The zero-order valence-corrected chi connectivity index (χ0v) is 13.9. The number of rotatable bonds is 4. The van der Waals surface area contributed by atoms with Crippen LogP contribution in [-0.4, -0.2) is 26.6 Å². The van der Waals surface area contributed by atoms with Crippen LogP contribution in [0.1, 0.15) is 41.3 Å². The minimum absolute atomic E-state index is 0.00397. The number of allylic oxidation sites excluding steroid dienone is 1. The van der Waals surface area contributed by atoms with Gasteiger partial charge in [0.25, 0.3) is 0 Å². The predicted octanol–water partition coefficient (Wildman–Crippen LogP) is 2.70. The number of nitrogens with zero attached hydrogens (tertiary/aromatic N) is 4. The van der Waals surface area contributed by atoms with Gasteiger partial charge in [0, 0.05) is 30.8 Å². The van der Waals surface area contributed by atoms with Crippen molar-refractivity contribution in [3.63, 3.8) is 0 Å². The van der Waals surface area contributed by atoms with Gasteiger partial charge in [0.1, 0.15) is 23.0 Å². The first kappa shape index (κ1) is 14.9. The van der Waals surface area contributed by atoms with Gasteiger partial charge in [-0.05, 0) is 13.3 Å². The molecule has 2 aromatic heterocycles. The molecule has 0 saturated carbocycles. The molecule has 4 heterocycles. The number of carbonyl (C=O) groups is 1. The summed E-state index contributed by atoms with van der Waals surface area (Å²) in [5.74, 6) is 1.35. The lowest BCUT2D eigenvalue weighted by Gasteiger charge is -2.20. The molecule has 122 valence electrons. The predicted molar refractivity (Wildman–Crippen MR) is 93.4 cm³/mol. The molecule has 0 aliphatic carbocycles. The average Bonchev–Trinajstić information content (AvgIpc) is 3.26. The van der Waals surface area contributed by atoms with Crippen LogP contribution in [0.2, 0.25) is 0 Å². The molecule has 24 heavy (non-hydrogen) atoms. The minimum Gasteiger partial charge on any atom is -0.361 e. The van der Waals surface area contributed by atoms with Gasteiger partial charge in [-0.2, -0.15) is 0 Å². The van der Waals surface area contributed by atoms with Crippen molar-refractivity contribution >= 4 is 34.6 Å². The van der Waals surface area contributed by atoms with E-state index in [0.29, 0.717) is 18.7 Å². The Morgan fingerprint density at radius 1 is 1.29 bits per heavy atom. The molecular formula is C16H16N6OS. The van der Waals surface area contributed by atoms with Crippen LogP contribution in [-0.2, 0) is 11.2 Å². The van der Waals surface area contributed by atoms with Crippen molar-refractivity contribution in [1.29, 1.82) is 0 Å². The lowest BCUT2D eigenvalue weighted by Crippen LogP contribution is -2.22. The summed E-state index contributed by atoms with van der Waals surface area (Å²) in [7, 11) is 0. The first-order valence-electron chi connectivity index (χ1n) is 7.79. The maximum absolute atomic E-state index is 11.5. The van der Waals surface area contributed by atoms with Crippen LogP contribution in [0.4, 0.5) is 11.6 Å². The highest BCUT2D eigenvalue weighted by molar-refractivity contribution is 7.13. The number of amides is 1. The van der Waals surface area contributed by atoms with Gasteiger partial charge in [-0.1, -0.05) is 6.08 Å². The first-order valence-corrected chi connectivity index (χ1v) is 8.60. The molecule has 0 unspecified atom stereocenters. The van der Waals surface area contributed by atoms with Gasteiger partial charge in [-0.25, -0.2) is 15.0 Å². The quantitative estimate of drug-likeness (QED) is 0.893. The molecule has 2 aliphatic heterocycles. The maximum Gasteiger partial charge on any atom is 0.225 e. The number of hydrogen-bond acceptors (Lipinski definition) is 7. The molecule has 0 bridgehead atoms. The molecule has 1 amide bonds. The normalized spacial score (nSPS) is 17.2. The number of anilines is 2. The highest BCUT2D eigenvalue weighted by atomic mass is 32.1. The number of nitrogens with one attached hydrogen (secondary N) is 2.